The second-order valence-corrected chi connectivity index (χ2v) is 8.72. The predicted octanol–water partition coefficient (Wildman–Crippen LogP) is 3.42. The lowest BCUT2D eigenvalue weighted by Gasteiger charge is -2.30. The van der Waals surface area contributed by atoms with E-state index in [1.165, 1.54) is 15.6 Å². The monoisotopic (exact) mass is 501 g/mol. The summed E-state index contributed by atoms with van der Waals surface area (Å²) in [6.45, 7) is 0.944. The predicted molar refractivity (Wildman–Crippen MR) is 125 cm³/mol. The Kier molecular flexibility index (Phi) is 6.18. The zero-order valence-corrected chi connectivity index (χ0v) is 19.7. The Morgan fingerprint density at radius 2 is 2.00 bits per heavy atom. The summed E-state index contributed by atoms with van der Waals surface area (Å²) >= 11 is 12.6. The van der Waals surface area contributed by atoms with E-state index >= 15 is 0 Å². The Morgan fingerprint density at radius 3 is 2.68 bits per heavy atom. The fourth-order valence-electron chi connectivity index (χ4n) is 3.83. The number of hydrogen-bond donors (Lipinski definition) is 0. The summed E-state index contributed by atoms with van der Waals surface area (Å²) in [6.07, 6.45) is 6.35. The second kappa shape index (κ2) is 9.27. The van der Waals surface area contributed by atoms with E-state index in [1.807, 2.05) is 16.8 Å². The van der Waals surface area contributed by atoms with Crippen molar-refractivity contribution in [1.29, 1.82) is 0 Å². The van der Waals surface area contributed by atoms with E-state index in [1.54, 1.807) is 56.0 Å². The van der Waals surface area contributed by atoms with Crippen molar-refractivity contribution >= 4 is 23.2 Å². The fraction of sp³-hybridized carbons (Fsp3) is 0.261. The van der Waals surface area contributed by atoms with E-state index in [0.717, 1.165) is 0 Å². The molecule has 0 saturated carbocycles. The van der Waals surface area contributed by atoms with Crippen LogP contribution in [0, 0.1) is 0 Å². The summed E-state index contributed by atoms with van der Waals surface area (Å²) < 4.78 is 23.1. The number of nitrogens with zero attached hydrogens (tertiary/aromatic N) is 5. The zero-order chi connectivity index (χ0) is 23.7. The number of rotatable bonds is 7. The van der Waals surface area contributed by atoms with Crippen LogP contribution in [0.2, 0.25) is 10.0 Å². The third-order valence-electron chi connectivity index (χ3n) is 5.52. The van der Waals surface area contributed by atoms with Crippen LogP contribution in [0.15, 0.2) is 72.3 Å². The quantitative estimate of drug-likeness (QED) is 0.385. The fourth-order valence-corrected chi connectivity index (χ4v) is 4.38. The summed E-state index contributed by atoms with van der Waals surface area (Å²) in [7, 11) is 1.60. The number of aromatic nitrogens is 5. The highest BCUT2D eigenvalue weighted by Crippen LogP contribution is 2.40. The lowest BCUT2D eigenvalue weighted by atomic mass is 10.1. The van der Waals surface area contributed by atoms with Gasteiger partial charge in [0.05, 0.1) is 30.2 Å². The molecule has 11 heteroatoms. The molecular weight excluding hydrogens is 481 g/mol. The lowest BCUT2D eigenvalue weighted by Crippen LogP contribution is -2.34. The SMILES string of the molecule is Cn1ncn(-c2ccc(OCC3COC(Cn4ccnc4)(c4ccc(Cl)cc4Cl)O3)cc2)c1=O. The highest BCUT2D eigenvalue weighted by Gasteiger charge is 2.45. The molecule has 1 aliphatic heterocycles. The smallest absolute Gasteiger partial charge is 0.350 e. The van der Waals surface area contributed by atoms with Crippen molar-refractivity contribution in [3.63, 3.8) is 0 Å². The maximum atomic E-state index is 12.1. The molecule has 0 N–H and O–H groups in total. The summed E-state index contributed by atoms with van der Waals surface area (Å²) in [5.74, 6) is -0.470. The third kappa shape index (κ3) is 4.47. The Labute approximate surface area is 205 Å². The summed E-state index contributed by atoms with van der Waals surface area (Å²) in [6, 6.07) is 12.4. The average Bonchev–Trinajstić information content (AvgIpc) is 3.56. The van der Waals surface area contributed by atoms with Crippen molar-refractivity contribution in [2.75, 3.05) is 13.2 Å². The van der Waals surface area contributed by atoms with E-state index in [9.17, 15) is 4.79 Å². The van der Waals surface area contributed by atoms with Crippen LogP contribution in [0.4, 0.5) is 0 Å². The van der Waals surface area contributed by atoms with Gasteiger partial charge in [-0.25, -0.2) is 19.0 Å². The molecule has 2 aromatic carbocycles. The molecular formula is C23H21Cl2N5O4. The lowest BCUT2D eigenvalue weighted by molar-refractivity contribution is -0.189. The normalized spacial score (nSPS) is 20.0. The first-order valence-corrected chi connectivity index (χ1v) is 11.3. The molecule has 9 nitrogen and oxygen atoms in total. The van der Waals surface area contributed by atoms with Gasteiger partial charge in [0, 0.05) is 30.0 Å². The molecule has 5 rings (SSSR count). The minimum absolute atomic E-state index is 0.222. The van der Waals surface area contributed by atoms with Crippen LogP contribution in [0.1, 0.15) is 5.56 Å². The molecule has 0 aliphatic carbocycles. The number of benzene rings is 2. The van der Waals surface area contributed by atoms with Crippen molar-refractivity contribution < 1.29 is 14.2 Å². The van der Waals surface area contributed by atoms with E-state index in [-0.39, 0.29) is 18.4 Å². The number of imidazole rings is 1. The molecule has 0 bridgehead atoms. The van der Waals surface area contributed by atoms with Gasteiger partial charge in [0.25, 0.3) is 0 Å². The van der Waals surface area contributed by atoms with E-state index in [4.69, 9.17) is 37.4 Å². The highest BCUT2D eigenvalue weighted by molar-refractivity contribution is 6.35. The van der Waals surface area contributed by atoms with Crippen molar-refractivity contribution in [3.05, 3.63) is 93.6 Å². The third-order valence-corrected chi connectivity index (χ3v) is 6.07. The maximum absolute atomic E-state index is 12.1. The minimum Gasteiger partial charge on any atom is -0.491 e. The number of aryl methyl sites for hydroxylation is 1. The molecule has 2 aromatic heterocycles. The van der Waals surface area contributed by atoms with Crippen LogP contribution >= 0.6 is 23.2 Å². The number of halogens is 2. The first kappa shape index (κ1) is 22.7. The summed E-state index contributed by atoms with van der Waals surface area (Å²) in [4.78, 5) is 16.2. The molecule has 3 heterocycles. The van der Waals surface area contributed by atoms with Crippen LogP contribution < -0.4 is 10.4 Å². The van der Waals surface area contributed by atoms with Crippen LogP contribution in [0.5, 0.6) is 5.75 Å². The first-order chi connectivity index (χ1) is 16.4. The molecule has 34 heavy (non-hydrogen) atoms. The Hall–Kier alpha value is -3.11. The van der Waals surface area contributed by atoms with E-state index < -0.39 is 5.79 Å². The van der Waals surface area contributed by atoms with E-state index in [2.05, 4.69) is 10.1 Å². The molecule has 1 aliphatic rings. The van der Waals surface area contributed by atoms with Crippen molar-refractivity contribution in [1.82, 2.24) is 23.9 Å². The molecule has 4 aromatic rings. The molecule has 0 radical (unpaired) electrons. The first-order valence-electron chi connectivity index (χ1n) is 10.5. The molecule has 176 valence electrons. The van der Waals surface area contributed by atoms with Gasteiger partial charge in [-0.3, -0.25) is 0 Å². The van der Waals surface area contributed by atoms with Gasteiger partial charge in [-0.15, -0.1) is 0 Å². The molecule has 2 atom stereocenters. The van der Waals surface area contributed by atoms with Crippen LogP contribution in [0.25, 0.3) is 5.69 Å². The van der Waals surface area contributed by atoms with Crippen molar-refractivity contribution in [2.45, 2.75) is 18.4 Å². The second-order valence-electron chi connectivity index (χ2n) is 7.87. The van der Waals surface area contributed by atoms with Gasteiger partial charge in [-0.05, 0) is 36.4 Å². The van der Waals surface area contributed by atoms with E-state index in [0.29, 0.717) is 40.2 Å². The largest absolute Gasteiger partial charge is 0.491 e. The Balaban J connectivity index is 1.30. The van der Waals surface area contributed by atoms with Gasteiger partial charge in [0.15, 0.2) is 0 Å². The highest BCUT2D eigenvalue weighted by atomic mass is 35.5. The van der Waals surface area contributed by atoms with Crippen LogP contribution in [-0.2, 0) is 28.9 Å². The molecule has 2 unspecified atom stereocenters. The maximum Gasteiger partial charge on any atom is 0.350 e. The summed E-state index contributed by atoms with van der Waals surface area (Å²) in [5.41, 5.74) is 1.16. The Bertz CT molecular complexity index is 1340. The van der Waals surface area contributed by atoms with Gasteiger partial charge in [0.1, 0.15) is 24.8 Å². The van der Waals surface area contributed by atoms with Gasteiger partial charge in [-0.2, -0.15) is 5.10 Å². The average molecular weight is 502 g/mol. The molecule has 0 amide bonds. The topological polar surface area (TPSA) is 85.3 Å². The van der Waals surface area contributed by atoms with Gasteiger partial charge < -0.3 is 18.8 Å². The zero-order valence-electron chi connectivity index (χ0n) is 18.2. The van der Waals surface area contributed by atoms with Gasteiger partial charge >= 0.3 is 5.69 Å². The molecule has 1 fully saturated rings. The van der Waals surface area contributed by atoms with Crippen LogP contribution in [-0.4, -0.2) is 43.2 Å². The van der Waals surface area contributed by atoms with Gasteiger partial charge in [0.2, 0.25) is 5.79 Å². The Morgan fingerprint density at radius 1 is 1.18 bits per heavy atom. The van der Waals surface area contributed by atoms with Crippen molar-refractivity contribution in [2.24, 2.45) is 7.05 Å². The van der Waals surface area contributed by atoms with Crippen molar-refractivity contribution in [3.8, 4) is 11.4 Å². The standard InChI is InChI=1S/C23H21Cl2N5O4/c1-28-22(31)30(15-27-28)17-3-5-18(6-4-17)32-11-19-12-33-23(34-19,13-29-9-8-26-14-29)20-7-2-16(24)10-21(20)25/h2-10,14-15,19H,11-13H2,1H3. The number of ether oxygens (including phenoxy) is 3. The minimum atomic E-state index is -1.11. The summed E-state index contributed by atoms with van der Waals surface area (Å²) in [5, 5.41) is 4.95. The van der Waals surface area contributed by atoms with Gasteiger partial charge in [-0.1, -0.05) is 29.3 Å². The molecule has 0 spiro atoms. The number of hydrogen-bond acceptors (Lipinski definition) is 6. The molecule has 1 saturated heterocycles. The van der Waals surface area contributed by atoms with Crippen LogP contribution in [0.3, 0.4) is 0 Å².